The van der Waals surface area contributed by atoms with Gasteiger partial charge in [0.15, 0.2) is 0 Å². The molecule has 0 aliphatic carbocycles. The second-order valence-electron chi connectivity index (χ2n) is 4.00. The van der Waals surface area contributed by atoms with Gasteiger partial charge in [-0.05, 0) is 32.1 Å². The van der Waals surface area contributed by atoms with E-state index in [9.17, 15) is 4.79 Å². The molecule has 0 N–H and O–H groups in total. The minimum atomic E-state index is -0.0679. The van der Waals surface area contributed by atoms with Crippen molar-refractivity contribution in [1.82, 2.24) is 0 Å². The fourth-order valence-electron chi connectivity index (χ4n) is 1.29. The largest absolute Gasteiger partial charge is 0.466 e. The molecule has 0 radical (unpaired) electrons. The lowest BCUT2D eigenvalue weighted by Crippen LogP contribution is -2.05. The molecule has 0 spiro atoms. The number of hydrogen-bond donors (Lipinski definition) is 0. The molecule has 0 aromatic rings. The van der Waals surface area contributed by atoms with Gasteiger partial charge >= 0.3 is 5.97 Å². The van der Waals surface area contributed by atoms with Crippen LogP contribution in [0.1, 0.15) is 58.8 Å². The fraction of sp³-hybridized carbons (Fsp3) is 0.923. The molecule has 3 nitrogen and oxygen atoms in total. The highest BCUT2D eigenvalue weighted by molar-refractivity contribution is 5.69. The Kier molecular flexibility index (Phi) is 12.1. The highest BCUT2D eigenvalue weighted by Crippen LogP contribution is 1.99. The first-order chi connectivity index (χ1) is 7.81. The predicted octanol–water partition coefficient (Wildman–Crippen LogP) is 3.32. The topological polar surface area (TPSA) is 35.5 Å². The number of ether oxygens (including phenoxy) is 2. The average molecular weight is 230 g/mol. The van der Waals surface area contributed by atoms with Crippen molar-refractivity contribution < 1.29 is 14.3 Å². The molecule has 0 aliphatic heterocycles. The van der Waals surface area contributed by atoms with Gasteiger partial charge in [0.05, 0.1) is 6.61 Å². The van der Waals surface area contributed by atoms with Crippen molar-refractivity contribution in [3.8, 4) is 0 Å². The molecule has 0 unspecified atom stereocenters. The van der Waals surface area contributed by atoms with Crippen LogP contribution in [0.25, 0.3) is 0 Å². The standard InChI is InChI=1S/C13H26O3/c1-3-5-10-15-11-7-6-8-12-16-13(14)9-4-2/h3-12H2,1-2H3. The minimum absolute atomic E-state index is 0.0679. The summed E-state index contributed by atoms with van der Waals surface area (Å²) in [5.74, 6) is -0.0679. The molecule has 96 valence electrons. The van der Waals surface area contributed by atoms with Gasteiger partial charge in [-0.25, -0.2) is 0 Å². The van der Waals surface area contributed by atoms with Gasteiger partial charge in [-0.1, -0.05) is 20.3 Å². The molecule has 0 aromatic heterocycles. The van der Waals surface area contributed by atoms with Gasteiger partial charge in [0.1, 0.15) is 0 Å². The first kappa shape index (κ1) is 15.4. The second-order valence-corrected chi connectivity index (χ2v) is 4.00. The van der Waals surface area contributed by atoms with Gasteiger partial charge in [0.2, 0.25) is 0 Å². The van der Waals surface area contributed by atoms with E-state index < -0.39 is 0 Å². The van der Waals surface area contributed by atoms with Crippen LogP contribution < -0.4 is 0 Å². The first-order valence-corrected chi connectivity index (χ1v) is 6.54. The summed E-state index contributed by atoms with van der Waals surface area (Å²) in [5.41, 5.74) is 0. The van der Waals surface area contributed by atoms with Gasteiger partial charge in [-0.15, -0.1) is 0 Å². The zero-order valence-corrected chi connectivity index (χ0v) is 10.8. The highest BCUT2D eigenvalue weighted by atomic mass is 16.5. The van der Waals surface area contributed by atoms with Crippen molar-refractivity contribution in [3.05, 3.63) is 0 Å². The van der Waals surface area contributed by atoms with E-state index in [4.69, 9.17) is 9.47 Å². The molecule has 0 atom stereocenters. The third-order valence-electron chi connectivity index (χ3n) is 2.29. The Morgan fingerprint density at radius 3 is 2.25 bits per heavy atom. The summed E-state index contributed by atoms with van der Waals surface area (Å²) in [4.78, 5) is 11.0. The number of esters is 1. The molecule has 0 aliphatic rings. The van der Waals surface area contributed by atoms with Crippen LogP contribution in [0.15, 0.2) is 0 Å². The van der Waals surface area contributed by atoms with Crippen molar-refractivity contribution in [2.75, 3.05) is 19.8 Å². The summed E-state index contributed by atoms with van der Waals surface area (Å²) in [6, 6.07) is 0. The van der Waals surface area contributed by atoms with Crippen molar-refractivity contribution >= 4 is 5.97 Å². The zero-order chi connectivity index (χ0) is 12.1. The van der Waals surface area contributed by atoms with Crippen LogP contribution in [-0.4, -0.2) is 25.8 Å². The lowest BCUT2D eigenvalue weighted by Gasteiger charge is -2.04. The van der Waals surface area contributed by atoms with E-state index in [0.717, 1.165) is 45.3 Å². The maximum Gasteiger partial charge on any atom is 0.305 e. The van der Waals surface area contributed by atoms with Gasteiger partial charge < -0.3 is 9.47 Å². The van der Waals surface area contributed by atoms with Gasteiger partial charge in [0.25, 0.3) is 0 Å². The van der Waals surface area contributed by atoms with Crippen molar-refractivity contribution in [2.45, 2.75) is 58.8 Å². The maximum absolute atomic E-state index is 11.0. The van der Waals surface area contributed by atoms with Crippen molar-refractivity contribution in [1.29, 1.82) is 0 Å². The maximum atomic E-state index is 11.0. The van der Waals surface area contributed by atoms with Gasteiger partial charge in [-0.2, -0.15) is 0 Å². The Hall–Kier alpha value is -0.570. The number of hydrogen-bond acceptors (Lipinski definition) is 3. The quantitative estimate of drug-likeness (QED) is 0.403. The smallest absolute Gasteiger partial charge is 0.305 e. The summed E-state index contributed by atoms with van der Waals surface area (Å²) < 4.78 is 10.5. The van der Waals surface area contributed by atoms with Crippen LogP contribution in [0.2, 0.25) is 0 Å². The van der Waals surface area contributed by atoms with Crippen molar-refractivity contribution in [3.63, 3.8) is 0 Å². The molecule has 0 heterocycles. The lowest BCUT2D eigenvalue weighted by molar-refractivity contribution is -0.143. The van der Waals surface area contributed by atoms with E-state index in [2.05, 4.69) is 6.92 Å². The van der Waals surface area contributed by atoms with E-state index in [1.807, 2.05) is 6.92 Å². The Morgan fingerprint density at radius 2 is 1.56 bits per heavy atom. The third-order valence-corrected chi connectivity index (χ3v) is 2.29. The highest BCUT2D eigenvalue weighted by Gasteiger charge is 1.99. The molecule has 0 saturated carbocycles. The van der Waals surface area contributed by atoms with Crippen LogP contribution in [0.3, 0.4) is 0 Å². The van der Waals surface area contributed by atoms with E-state index in [0.29, 0.717) is 13.0 Å². The summed E-state index contributed by atoms with van der Waals surface area (Å²) in [5, 5.41) is 0. The van der Waals surface area contributed by atoms with Gasteiger partial charge in [-0.3, -0.25) is 4.79 Å². The predicted molar refractivity (Wildman–Crippen MR) is 65.4 cm³/mol. The van der Waals surface area contributed by atoms with E-state index in [-0.39, 0.29) is 5.97 Å². The summed E-state index contributed by atoms with van der Waals surface area (Å²) in [6.07, 6.45) is 6.83. The zero-order valence-electron chi connectivity index (χ0n) is 10.8. The molecule has 0 amide bonds. The van der Waals surface area contributed by atoms with Crippen molar-refractivity contribution in [2.24, 2.45) is 0 Å². The number of carbonyl (C=O) groups is 1. The normalized spacial score (nSPS) is 10.4. The van der Waals surface area contributed by atoms with Gasteiger partial charge in [0, 0.05) is 19.6 Å². The fourth-order valence-corrected chi connectivity index (χ4v) is 1.29. The molecular weight excluding hydrogens is 204 g/mol. The van der Waals surface area contributed by atoms with Crippen LogP contribution in [0, 0.1) is 0 Å². The minimum Gasteiger partial charge on any atom is -0.466 e. The number of carbonyl (C=O) groups excluding carboxylic acids is 1. The summed E-state index contributed by atoms with van der Waals surface area (Å²) in [7, 11) is 0. The Morgan fingerprint density at radius 1 is 0.875 bits per heavy atom. The van der Waals surface area contributed by atoms with Crippen LogP contribution in [-0.2, 0) is 14.3 Å². The number of rotatable bonds is 11. The molecule has 0 fully saturated rings. The Labute approximate surface area is 99.5 Å². The summed E-state index contributed by atoms with van der Waals surface area (Å²) in [6.45, 7) is 6.42. The molecule has 0 saturated heterocycles. The van der Waals surface area contributed by atoms with E-state index >= 15 is 0 Å². The molecular formula is C13H26O3. The molecule has 16 heavy (non-hydrogen) atoms. The Bertz CT molecular complexity index is 157. The number of unbranched alkanes of at least 4 members (excludes halogenated alkanes) is 3. The molecule has 0 rings (SSSR count). The van der Waals surface area contributed by atoms with Crippen LogP contribution in [0.5, 0.6) is 0 Å². The second kappa shape index (κ2) is 12.5. The molecule has 3 heteroatoms. The Balaban J connectivity index is 3.01. The average Bonchev–Trinajstić information content (AvgIpc) is 2.27. The van der Waals surface area contributed by atoms with Crippen LogP contribution >= 0.6 is 0 Å². The van der Waals surface area contributed by atoms with E-state index in [1.54, 1.807) is 0 Å². The molecule has 0 aromatic carbocycles. The third kappa shape index (κ3) is 11.5. The SMILES string of the molecule is CCCCOCCCCCOC(=O)CCC. The first-order valence-electron chi connectivity index (χ1n) is 6.54. The lowest BCUT2D eigenvalue weighted by atomic mass is 10.2. The molecule has 0 bridgehead atoms. The van der Waals surface area contributed by atoms with Crippen LogP contribution in [0.4, 0.5) is 0 Å². The summed E-state index contributed by atoms with van der Waals surface area (Å²) >= 11 is 0. The monoisotopic (exact) mass is 230 g/mol. The van der Waals surface area contributed by atoms with E-state index in [1.165, 1.54) is 6.42 Å².